The molecule has 2 rings (SSSR count). The van der Waals surface area contributed by atoms with Crippen LogP contribution in [0.2, 0.25) is 0 Å². The molecule has 100 valence electrons. The van der Waals surface area contributed by atoms with Crippen LogP contribution in [0.4, 0.5) is 0 Å². The molecular weight excluding hydrogens is 260 g/mol. The van der Waals surface area contributed by atoms with E-state index >= 15 is 0 Å². The molecule has 0 aliphatic rings. The van der Waals surface area contributed by atoms with Gasteiger partial charge in [-0.15, -0.1) is 11.8 Å². The van der Waals surface area contributed by atoms with E-state index in [2.05, 4.69) is 0 Å². The van der Waals surface area contributed by atoms with Crippen LogP contribution in [0.1, 0.15) is 17.3 Å². The highest BCUT2D eigenvalue weighted by atomic mass is 32.2. The highest BCUT2D eigenvalue weighted by Gasteiger charge is 2.11. The lowest BCUT2D eigenvalue weighted by atomic mass is 10.0. The molecule has 0 aliphatic heterocycles. The summed E-state index contributed by atoms with van der Waals surface area (Å²) >= 11 is 1.65. The molecule has 0 amide bonds. The maximum atomic E-state index is 11.2. The fraction of sp³-hybridized carbons (Fsp3) is 0.267. The smallest absolute Gasteiger partial charge is 0.336 e. The quantitative estimate of drug-likeness (QED) is 0.823. The van der Waals surface area contributed by atoms with E-state index in [1.54, 1.807) is 17.8 Å². The molecule has 2 aromatic carbocycles. The highest BCUT2D eigenvalue weighted by Crippen LogP contribution is 2.31. The lowest BCUT2D eigenvalue weighted by molar-refractivity contribution is 0.0699. The second-order valence-corrected chi connectivity index (χ2v) is 5.62. The number of aromatic carboxylic acids is 1. The van der Waals surface area contributed by atoms with E-state index in [1.807, 2.05) is 37.3 Å². The molecule has 19 heavy (non-hydrogen) atoms. The van der Waals surface area contributed by atoms with Crippen molar-refractivity contribution < 1.29 is 15.0 Å². The lowest BCUT2D eigenvalue weighted by Gasteiger charge is -2.11. The monoisotopic (exact) mass is 276 g/mol. The van der Waals surface area contributed by atoms with E-state index < -0.39 is 5.97 Å². The van der Waals surface area contributed by atoms with E-state index in [9.17, 15) is 9.90 Å². The average Bonchev–Trinajstić information content (AvgIpc) is 2.43. The molecule has 0 heterocycles. The van der Waals surface area contributed by atoms with Gasteiger partial charge in [0.05, 0.1) is 5.56 Å². The number of benzene rings is 2. The Morgan fingerprint density at radius 3 is 2.53 bits per heavy atom. The molecule has 0 bridgehead atoms. The van der Waals surface area contributed by atoms with Gasteiger partial charge in [0, 0.05) is 17.3 Å². The predicted molar refractivity (Wildman–Crippen MR) is 77.9 cm³/mol. The number of carbonyl (C=O) groups is 1. The molecule has 0 saturated carbocycles. The van der Waals surface area contributed by atoms with Crippen LogP contribution < -0.4 is 0 Å². The first-order valence-electron chi connectivity index (χ1n) is 6.12. The van der Waals surface area contributed by atoms with Crippen LogP contribution in [-0.4, -0.2) is 28.5 Å². The van der Waals surface area contributed by atoms with E-state index in [-0.39, 0.29) is 12.5 Å². The van der Waals surface area contributed by atoms with Crippen molar-refractivity contribution in [3.63, 3.8) is 0 Å². The Bertz CT molecular complexity index is 595. The first-order valence-corrected chi connectivity index (χ1v) is 7.10. The zero-order valence-electron chi connectivity index (χ0n) is 10.7. The summed E-state index contributed by atoms with van der Waals surface area (Å²) in [6, 6.07) is 11.0. The molecule has 0 aliphatic carbocycles. The minimum absolute atomic E-state index is 0.165. The van der Waals surface area contributed by atoms with Gasteiger partial charge in [0.15, 0.2) is 0 Å². The van der Waals surface area contributed by atoms with Crippen LogP contribution in [-0.2, 0) is 0 Å². The number of rotatable bonds is 5. The number of aliphatic hydroxyl groups excluding tert-OH is 1. The molecule has 2 N–H and O–H groups in total. The Labute approximate surface area is 116 Å². The summed E-state index contributed by atoms with van der Waals surface area (Å²) in [6.45, 7) is 2.15. The van der Waals surface area contributed by atoms with Gasteiger partial charge in [0.25, 0.3) is 0 Å². The van der Waals surface area contributed by atoms with Gasteiger partial charge in [-0.2, -0.15) is 0 Å². The molecular formula is C15H16O3S. The molecule has 0 aromatic heterocycles. The molecule has 1 atom stereocenters. The van der Waals surface area contributed by atoms with Gasteiger partial charge in [0.1, 0.15) is 0 Å². The first-order chi connectivity index (χ1) is 9.13. The maximum Gasteiger partial charge on any atom is 0.336 e. The average molecular weight is 276 g/mol. The maximum absolute atomic E-state index is 11.2. The standard InChI is InChI=1S/C15H16O3S/c1-10(8-16)9-19-14-7-6-13(15(17)18)11-4-2-3-5-12(11)14/h2-7,10,16H,8-9H2,1H3,(H,17,18). The third-order valence-electron chi connectivity index (χ3n) is 2.95. The van der Waals surface area contributed by atoms with Crippen molar-refractivity contribution in [3.05, 3.63) is 42.0 Å². The number of carboxylic acids is 1. The summed E-state index contributed by atoms with van der Waals surface area (Å²) in [7, 11) is 0. The molecule has 0 spiro atoms. The van der Waals surface area contributed by atoms with Crippen LogP contribution in [0.15, 0.2) is 41.3 Å². The molecule has 3 nitrogen and oxygen atoms in total. The summed E-state index contributed by atoms with van der Waals surface area (Å²) in [5, 5.41) is 20.0. The first kappa shape index (κ1) is 13.9. The fourth-order valence-corrected chi connectivity index (χ4v) is 2.94. The Morgan fingerprint density at radius 1 is 1.21 bits per heavy atom. The van der Waals surface area contributed by atoms with Crippen molar-refractivity contribution in [1.29, 1.82) is 0 Å². The van der Waals surface area contributed by atoms with Gasteiger partial charge in [-0.05, 0) is 28.8 Å². The zero-order chi connectivity index (χ0) is 13.8. The molecule has 2 aromatic rings. The number of thioether (sulfide) groups is 1. The molecule has 0 saturated heterocycles. The van der Waals surface area contributed by atoms with E-state index in [4.69, 9.17) is 5.11 Å². The van der Waals surface area contributed by atoms with Gasteiger partial charge in [-0.3, -0.25) is 0 Å². The number of carboxylic acid groups (broad SMARTS) is 1. The van der Waals surface area contributed by atoms with Crippen LogP contribution in [0.25, 0.3) is 10.8 Å². The van der Waals surface area contributed by atoms with Crippen LogP contribution in [0, 0.1) is 5.92 Å². The van der Waals surface area contributed by atoms with E-state index in [0.29, 0.717) is 5.56 Å². The SMILES string of the molecule is CC(CO)CSc1ccc(C(=O)O)c2ccccc12. The number of hydrogen-bond donors (Lipinski definition) is 2. The predicted octanol–water partition coefficient (Wildman–Crippen LogP) is 3.26. The Hall–Kier alpha value is -1.52. The van der Waals surface area contributed by atoms with Crippen molar-refractivity contribution in [2.45, 2.75) is 11.8 Å². The summed E-state index contributed by atoms with van der Waals surface area (Å²) in [5.74, 6) is 0.131. The normalized spacial score (nSPS) is 12.5. The fourth-order valence-electron chi connectivity index (χ4n) is 1.87. The van der Waals surface area contributed by atoms with Crippen LogP contribution in [0.5, 0.6) is 0 Å². The van der Waals surface area contributed by atoms with Crippen molar-refractivity contribution >= 4 is 28.5 Å². The van der Waals surface area contributed by atoms with Crippen LogP contribution >= 0.6 is 11.8 Å². The third kappa shape index (κ3) is 3.08. The third-order valence-corrected chi connectivity index (χ3v) is 4.35. The minimum Gasteiger partial charge on any atom is -0.478 e. The van der Waals surface area contributed by atoms with Gasteiger partial charge in [0.2, 0.25) is 0 Å². The van der Waals surface area contributed by atoms with Gasteiger partial charge in [-0.1, -0.05) is 31.2 Å². The van der Waals surface area contributed by atoms with Crippen molar-refractivity contribution in [2.24, 2.45) is 5.92 Å². The molecule has 0 radical (unpaired) electrons. The largest absolute Gasteiger partial charge is 0.478 e. The van der Waals surface area contributed by atoms with Crippen molar-refractivity contribution in [1.82, 2.24) is 0 Å². The molecule has 0 fully saturated rings. The van der Waals surface area contributed by atoms with Crippen molar-refractivity contribution in [2.75, 3.05) is 12.4 Å². The van der Waals surface area contributed by atoms with E-state index in [0.717, 1.165) is 21.4 Å². The minimum atomic E-state index is -0.906. The Kier molecular flexibility index (Phi) is 4.45. The second-order valence-electron chi connectivity index (χ2n) is 4.56. The van der Waals surface area contributed by atoms with Crippen LogP contribution in [0.3, 0.4) is 0 Å². The van der Waals surface area contributed by atoms with Gasteiger partial charge < -0.3 is 10.2 Å². The molecule has 4 heteroatoms. The number of hydrogen-bond acceptors (Lipinski definition) is 3. The number of fused-ring (bicyclic) bond motifs is 1. The van der Waals surface area contributed by atoms with Gasteiger partial charge >= 0.3 is 5.97 Å². The van der Waals surface area contributed by atoms with Gasteiger partial charge in [-0.25, -0.2) is 4.79 Å². The summed E-state index contributed by atoms with van der Waals surface area (Å²) in [6.07, 6.45) is 0. The summed E-state index contributed by atoms with van der Waals surface area (Å²) in [5.41, 5.74) is 0.329. The second kappa shape index (κ2) is 6.08. The molecule has 1 unspecified atom stereocenters. The number of aliphatic hydroxyl groups is 1. The van der Waals surface area contributed by atoms with E-state index in [1.165, 1.54) is 0 Å². The Morgan fingerprint density at radius 2 is 1.89 bits per heavy atom. The Balaban J connectivity index is 2.41. The lowest BCUT2D eigenvalue weighted by Crippen LogP contribution is -2.03. The summed E-state index contributed by atoms with van der Waals surface area (Å²) in [4.78, 5) is 12.3. The zero-order valence-corrected chi connectivity index (χ0v) is 11.5. The van der Waals surface area contributed by atoms with Crippen molar-refractivity contribution in [3.8, 4) is 0 Å². The topological polar surface area (TPSA) is 57.5 Å². The summed E-state index contributed by atoms with van der Waals surface area (Å²) < 4.78 is 0. The highest BCUT2D eigenvalue weighted by molar-refractivity contribution is 7.99.